The van der Waals surface area contributed by atoms with E-state index in [1.807, 2.05) is 31.2 Å². The van der Waals surface area contributed by atoms with Crippen molar-refractivity contribution in [3.63, 3.8) is 0 Å². The first-order valence-electron chi connectivity index (χ1n) is 9.14. The van der Waals surface area contributed by atoms with Crippen molar-refractivity contribution in [2.45, 2.75) is 45.1 Å². The second kappa shape index (κ2) is 9.03. The Morgan fingerprint density at radius 2 is 1.73 bits per heavy atom. The molecule has 1 aliphatic rings. The molecule has 3 N–H and O–H groups in total. The van der Waals surface area contributed by atoms with Gasteiger partial charge in [-0.25, -0.2) is 4.79 Å². The molecule has 7 heteroatoms. The number of hydrogen-bond donors (Lipinski definition) is 3. The van der Waals surface area contributed by atoms with E-state index in [1.54, 1.807) is 12.1 Å². The molecule has 2 aromatic rings. The zero-order valence-corrected chi connectivity index (χ0v) is 15.0. The van der Waals surface area contributed by atoms with E-state index in [2.05, 4.69) is 26.1 Å². The Balaban J connectivity index is 1.50. The maximum Gasteiger partial charge on any atom is 0.320 e. The maximum absolute atomic E-state index is 12.0. The van der Waals surface area contributed by atoms with Crippen LogP contribution < -0.4 is 20.7 Å². The molecule has 7 nitrogen and oxygen atoms in total. The molecule has 1 saturated carbocycles. The molecule has 26 heavy (non-hydrogen) atoms. The molecular formula is C19H25N5O2. The molecule has 0 aliphatic heterocycles. The fourth-order valence-electron chi connectivity index (χ4n) is 3.00. The zero-order chi connectivity index (χ0) is 18.2. The van der Waals surface area contributed by atoms with Crippen LogP contribution in [0.4, 0.5) is 22.1 Å². The van der Waals surface area contributed by atoms with E-state index in [4.69, 9.17) is 4.74 Å². The van der Waals surface area contributed by atoms with E-state index >= 15 is 0 Å². The van der Waals surface area contributed by atoms with Crippen LogP contribution in [0.5, 0.6) is 5.75 Å². The number of ether oxygens (including phenoxy) is 1. The largest absolute Gasteiger partial charge is 0.494 e. The third-order valence-corrected chi connectivity index (χ3v) is 4.28. The van der Waals surface area contributed by atoms with E-state index in [0.717, 1.165) is 24.3 Å². The van der Waals surface area contributed by atoms with Crippen LogP contribution in [0.2, 0.25) is 0 Å². The van der Waals surface area contributed by atoms with Crippen LogP contribution in [0, 0.1) is 0 Å². The second-order valence-electron chi connectivity index (χ2n) is 6.32. The van der Waals surface area contributed by atoms with Crippen molar-refractivity contribution in [1.82, 2.24) is 15.5 Å². The van der Waals surface area contributed by atoms with Gasteiger partial charge in [-0.15, -0.1) is 10.2 Å². The Morgan fingerprint density at radius 3 is 2.38 bits per heavy atom. The van der Waals surface area contributed by atoms with Crippen molar-refractivity contribution in [2.24, 2.45) is 0 Å². The number of nitrogens with one attached hydrogen (secondary N) is 3. The Hall–Kier alpha value is -2.83. The topological polar surface area (TPSA) is 88.2 Å². The van der Waals surface area contributed by atoms with Gasteiger partial charge in [0.25, 0.3) is 0 Å². The summed E-state index contributed by atoms with van der Waals surface area (Å²) in [5, 5.41) is 17.0. The van der Waals surface area contributed by atoms with Crippen LogP contribution in [-0.2, 0) is 0 Å². The molecule has 0 atom stereocenters. The number of carbonyl (C=O) groups excluding carboxylic acids is 1. The molecule has 1 aromatic heterocycles. The lowest BCUT2D eigenvalue weighted by atomic mass is 9.96. The summed E-state index contributed by atoms with van der Waals surface area (Å²) in [6.07, 6.45) is 5.70. The minimum Gasteiger partial charge on any atom is -0.494 e. The third-order valence-electron chi connectivity index (χ3n) is 4.28. The SMILES string of the molecule is CCOc1ccc(Nc2ccc(NC(=O)NC3CCCCC3)nn2)cc1. The first kappa shape index (κ1) is 18.0. The number of aromatic nitrogens is 2. The summed E-state index contributed by atoms with van der Waals surface area (Å²) in [5.41, 5.74) is 0.888. The van der Waals surface area contributed by atoms with Crippen LogP contribution in [0.1, 0.15) is 39.0 Å². The van der Waals surface area contributed by atoms with Gasteiger partial charge in [0.05, 0.1) is 6.61 Å². The maximum atomic E-state index is 12.0. The van der Waals surface area contributed by atoms with Crippen molar-refractivity contribution < 1.29 is 9.53 Å². The smallest absolute Gasteiger partial charge is 0.320 e. The number of carbonyl (C=O) groups is 1. The number of hydrogen-bond acceptors (Lipinski definition) is 5. The molecular weight excluding hydrogens is 330 g/mol. The summed E-state index contributed by atoms with van der Waals surface area (Å²) < 4.78 is 5.42. The predicted molar refractivity (Wildman–Crippen MR) is 102 cm³/mol. The van der Waals surface area contributed by atoms with Gasteiger partial charge in [-0.3, -0.25) is 5.32 Å². The van der Waals surface area contributed by atoms with Crippen molar-refractivity contribution in [3.05, 3.63) is 36.4 Å². The molecule has 1 fully saturated rings. The molecule has 0 spiro atoms. The van der Waals surface area contributed by atoms with Crippen LogP contribution in [0.15, 0.2) is 36.4 Å². The van der Waals surface area contributed by atoms with Gasteiger partial charge in [-0.2, -0.15) is 0 Å². The summed E-state index contributed by atoms with van der Waals surface area (Å²) in [6, 6.07) is 11.2. The minimum atomic E-state index is -0.224. The first-order chi connectivity index (χ1) is 12.7. The number of anilines is 3. The Bertz CT molecular complexity index is 697. The lowest BCUT2D eigenvalue weighted by Crippen LogP contribution is -2.39. The van der Waals surface area contributed by atoms with E-state index in [9.17, 15) is 4.79 Å². The van der Waals surface area contributed by atoms with Gasteiger partial charge in [0, 0.05) is 11.7 Å². The van der Waals surface area contributed by atoms with Gasteiger partial charge in [-0.05, 0) is 56.2 Å². The highest BCUT2D eigenvalue weighted by atomic mass is 16.5. The normalized spacial score (nSPS) is 14.5. The van der Waals surface area contributed by atoms with Gasteiger partial charge >= 0.3 is 6.03 Å². The number of nitrogens with zero attached hydrogens (tertiary/aromatic N) is 2. The van der Waals surface area contributed by atoms with Gasteiger partial charge in [0.1, 0.15) is 5.75 Å². The first-order valence-corrected chi connectivity index (χ1v) is 9.14. The monoisotopic (exact) mass is 355 g/mol. The van der Waals surface area contributed by atoms with E-state index < -0.39 is 0 Å². The molecule has 0 bridgehead atoms. The van der Waals surface area contributed by atoms with Crippen molar-refractivity contribution in [1.29, 1.82) is 0 Å². The van der Waals surface area contributed by atoms with Gasteiger partial charge in [0.15, 0.2) is 11.6 Å². The van der Waals surface area contributed by atoms with Crippen molar-refractivity contribution >= 4 is 23.4 Å². The summed E-state index contributed by atoms with van der Waals surface area (Å²) in [5.74, 6) is 1.86. The molecule has 2 amide bonds. The van der Waals surface area contributed by atoms with Gasteiger partial charge in [-0.1, -0.05) is 19.3 Å². The third kappa shape index (κ3) is 5.34. The summed E-state index contributed by atoms with van der Waals surface area (Å²) >= 11 is 0. The summed E-state index contributed by atoms with van der Waals surface area (Å²) in [6.45, 7) is 2.59. The van der Waals surface area contributed by atoms with Crippen LogP contribution >= 0.6 is 0 Å². The van der Waals surface area contributed by atoms with Gasteiger partial charge < -0.3 is 15.4 Å². The Labute approximate surface area is 153 Å². The lowest BCUT2D eigenvalue weighted by molar-refractivity contribution is 0.244. The molecule has 1 aromatic carbocycles. The molecule has 0 saturated heterocycles. The van der Waals surface area contributed by atoms with Crippen LogP contribution in [0.25, 0.3) is 0 Å². The summed E-state index contributed by atoms with van der Waals surface area (Å²) in [4.78, 5) is 12.0. The average Bonchev–Trinajstić information content (AvgIpc) is 2.66. The molecule has 3 rings (SSSR count). The molecule has 138 valence electrons. The molecule has 0 unspecified atom stereocenters. The Kier molecular flexibility index (Phi) is 6.24. The van der Waals surface area contributed by atoms with E-state index in [0.29, 0.717) is 18.2 Å². The quantitative estimate of drug-likeness (QED) is 0.727. The van der Waals surface area contributed by atoms with Crippen molar-refractivity contribution in [3.8, 4) is 5.75 Å². The number of urea groups is 1. The molecule has 1 heterocycles. The highest BCUT2D eigenvalue weighted by Crippen LogP contribution is 2.19. The fraction of sp³-hybridized carbons (Fsp3) is 0.421. The molecule has 0 radical (unpaired) electrons. The standard InChI is InChI=1S/C19H25N5O2/c1-2-26-16-10-8-15(9-11-16)20-17-12-13-18(24-23-17)22-19(25)21-14-6-4-3-5-7-14/h8-14H,2-7H2,1H3,(H,20,23)(H2,21,22,24,25). The predicted octanol–water partition coefficient (Wildman–Crippen LogP) is 4.07. The van der Waals surface area contributed by atoms with Crippen LogP contribution in [-0.4, -0.2) is 28.9 Å². The zero-order valence-electron chi connectivity index (χ0n) is 15.0. The van der Waals surface area contributed by atoms with E-state index in [-0.39, 0.29) is 12.1 Å². The second-order valence-corrected chi connectivity index (χ2v) is 6.32. The summed E-state index contributed by atoms with van der Waals surface area (Å²) in [7, 11) is 0. The lowest BCUT2D eigenvalue weighted by Gasteiger charge is -2.22. The fourth-order valence-corrected chi connectivity index (χ4v) is 3.00. The Morgan fingerprint density at radius 1 is 1.04 bits per heavy atom. The highest BCUT2D eigenvalue weighted by Gasteiger charge is 2.15. The van der Waals surface area contributed by atoms with Crippen LogP contribution in [0.3, 0.4) is 0 Å². The molecule has 1 aliphatic carbocycles. The van der Waals surface area contributed by atoms with Gasteiger partial charge in [0.2, 0.25) is 0 Å². The number of rotatable bonds is 6. The number of amides is 2. The van der Waals surface area contributed by atoms with E-state index in [1.165, 1.54) is 19.3 Å². The number of benzene rings is 1. The highest BCUT2D eigenvalue weighted by molar-refractivity contribution is 5.88. The minimum absolute atomic E-state index is 0.224. The average molecular weight is 355 g/mol. The van der Waals surface area contributed by atoms with Crippen molar-refractivity contribution in [2.75, 3.05) is 17.2 Å².